The van der Waals surface area contributed by atoms with E-state index in [9.17, 15) is 13.6 Å². The first kappa shape index (κ1) is 19.1. The second-order valence-corrected chi connectivity index (χ2v) is 8.44. The molecule has 1 aromatic carbocycles. The van der Waals surface area contributed by atoms with Crippen LogP contribution in [0.3, 0.4) is 0 Å². The van der Waals surface area contributed by atoms with Crippen LogP contribution in [0.1, 0.15) is 57.3 Å². The van der Waals surface area contributed by atoms with Gasteiger partial charge in [0.05, 0.1) is 12.5 Å². The van der Waals surface area contributed by atoms with Gasteiger partial charge in [0.2, 0.25) is 5.91 Å². The van der Waals surface area contributed by atoms with Crippen LogP contribution in [0.15, 0.2) is 30.5 Å². The Kier molecular flexibility index (Phi) is 4.76. The zero-order valence-corrected chi connectivity index (χ0v) is 16.7. The summed E-state index contributed by atoms with van der Waals surface area (Å²) in [4.78, 5) is 15.1. The van der Waals surface area contributed by atoms with Crippen LogP contribution in [-0.2, 0) is 16.8 Å². The molecule has 0 saturated heterocycles. The molecule has 2 aromatic rings. The molecule has 3 saturated carbocycles. The Bertz CT molecular complexity index is 869. The largest absolute Gasteiger partial charge is 0.338 e. The number of carbonyl (C=O) groups excluding carboxylic acids is 1. The van der Waals surface area contributed by atoms with Crippen molar-refractivity contribution in [3.63, 3.8) is 0 Å². The summed E-state index contributed by atoms with van der Waals surface area (Å²) in [5.74, 6) is -0.972. The van der Waals surface area contributed by atoms with Crippen molar-refractivity contribution in [2.75, 3.05) is 6.54 Å². The molecule has 1 heterocycles. The van der Waals surface area contributed by atoms with Crippen molar-refractivity contribution in [3.05, 3.63) is 53.4 Å². The van der Waals surface area contributed by atoms with Crippen molar-refractivity contribution in [2.45, 2.75) is 58.0 Å². The topological polar surface area (TPSA) is 38.1 Å². The number of hydrogen-bond donors (Lipinski definition) is 0. The average molecular weight is 387 g/mol. The van der Waals surface area contributed by atoms with Gasteiger partial charge in [0, 0.05) is 35.5 Å². The zero-order valence-electron chi connectivity index (χ0n) is 16.7. The molecule has 3 aliphatic carbocycles. The number of hydrogen-bond acceptors (Lipinski definition) is 2. The van der Waals surface area contributed by atoms with Crippen molar-refractivity contribution >= 4 is 5.91 Å². The molecule has 3 unspecified atom stereocenters. The van der Waals surface area contributed by atoms with Crippen molar-refractivity contribution in [3.8, 4) is 0 Å². The zero-order chi connectivity index (χ0) is 20.1. The normalized spacial score (nSPS) is 25.8. The number of nitrogens with zero attached hydrogens (tertiary/aromatic N) is 3. The molecule has 3 aliphatic rings. The number of rotatable bonds is 6. The van der Waals surface area contributed by atoms with Crippen LogP contribution in [0.2, 0.25) is 0 Å². The highest BCUT2D eigenvalue weighted by molar-refractivity contribution is 5.83. The minimum absolute atomic E-state index is 0.00964. The summed E-state index contributed by atoms with van der Waals surface area (Å²) in [6, 6.07) is 6.10. The van der Waals surface area contributed by atoms with Gasteiger partial charge in [-0.2, -0.15) is 5.10 Å². The highest BCUT2D eigenvalue weighted by Crippen LogP contribution is 2.64. The molecule has 5 rings (SSSR count). The third-order valence-electron chi connectivity index (χ3n) is 6.69. The number of halogens is 2. The molecule has 28 heavy (non-hydrogen) atoms. The quantitative estimate of drug-likeness (QED) is 0.734. The van der Waals surface area contributed by atoms with Crippen LogP contribution in [-0.4, -0.2) is 27.1 Å². The standard InChI is InChI=1S/C22H27F2N3O/c1-4-26(13-16-17(23)6-5-7-18(16)24)21(28)20-15-8-10-22(20,12-15)19-9-11-25-27(19)14(2)3/h5-7,9,11,14-15,20H,4,8,10,12-13H2,1-3H3. The fourth-order valence-corrected chi connectivity index (χ4v) is 5.34. The summed E-state index contributed by atoms with van der Waals surface area (Å²) >= 11 is 0. The first-order valence-corrected chi connectivity index (χ1v) is 10.1. The summed E-state index contributed by atoms with van der Waals surface area (Å²) in [5, 5.41) is 4.47. The smallest absolute Gasteiger partial charge is 0.227 e. The van der Waals surface area contributed by atoms with Crippen LogP contribution in [0.25, 0.3) is 0 Å². The third kappa shape index (κ3) is 2.76. The lowest BCUT2D eigenvalue weighted by Crippen LogP contribution is -2.54. The molecule has 0 N–H and O–H groups in total. The van der Waals surface area contributed by atoms with E-state index in [0.717, 1.165) is 25.0 Å². The molecule has 0 radical (unpaired) electrons. The van der Waals surface area contributed by atoms with Gasteiger partial charge in [0.25, 0.3) is 0 Å². The van der Waals surface area contributed by atoms with Gasteiger partial charge in [-0.05, 0) is 64.2 Å². The molecule has 0 aliphatic heterocycles. The Morgan fingerprint density at radius 3 is 2.64 bits per heavy atom. The van der Waals surface area contributed by atoms with E-state index in [-0.39, 0.29) is 35.4 Å². The lowest BCUT2D eigenvalue weighted by molar-refractivity contribution is -0.144. The predicted octanol–water partition coefficient (Wildman–Crippen LogP) is 4.46. The van der Waals surface area contributed by atoms with Gasteiger partial charge < -0.3 is 4.90 Å². The number of carbonyl (C=O) groups is 1. The number of amides is 1. The van der Waals surface area contributed by atoms with Gasteiger partial charge in [0.1, 0.15) is 11.6 Å². The van der Waals surface area contributed by atoms with Gasteiger partial charge in [0.15, 0.2) is 0 Å². The Balaban J connectivity index is 1.62. The number of aromatic nitrogens is 2. The molecule has 1 aromatic heterocycles. The molecular formula is C22H27F2N3O. The van der Waals surface area contributed by atoms with E-state index in [1.54, 1.807) is 4.90 Å². The van der Waals surface area contributed by atoms with E-state index in [0.29, 0.717) is 12.5 Å². The summed E-state index contributed by atoms with van der Waals surface area (Å²) in [6.07, 6.45) is 4.79. The summed E-state index contributed by atoms with van der Waals surface area (Å²) in [6.45, 7) is 6.44. The van der Waals surface area contributed by atoms with E-state index < -0.39 is 11.6 Å². The molecule has 6 heteroatoms. The molecule has 3 atom stereocenters. The molecule has 3 fully saturated rings. The Morgan fingerprint density at radius 2 is 2.04 bits per heavy atom. The molecule has 2 bridgehead atoms. The summed E-state index contributed by atoms with van der Waals surface area (Å²) in [5.41, 5.74) is 0.900. The van der Waals surface area contributed by atoms with Crippen molar-refractivity contribution in [1.82, 2.24) is 14.7 Å². The molecular weight excluding hydrogens is 360 g/mol. The van der Waals surface area contributed by atoms with Crippen molar-refractivity contribution in [2.24, 2.45) is 11.8 Å². The van der Waals surface area contributed by atoms with Crippen LogP contribution < -0.4 is 0 Å². The van der Waals surface area contributed by atoms with Gasteiger partial charge in [-0.25, -0.2) is 8.78 Å². The first-order chi connectivity index (χ1) is 13.4. The second-order valence-electron chi connectivity index (χ2n) is 8.44. The van der Waals surface area contributed by atoms with Gasteiger partial charge >= 0.3 is 0 Å². The monoisotopic (exact) mass is 387 g/mol. The average Bonchev–Trinajstić information content (AvgIpc) is 3.35. The van der Waals surface area contributed by atoms with Crippen LogP contribution in [0.5, 0.6) is 0 Å². The van der Waals surface area contributed by atoms with Crippen LogP contribution in [0.4, 0.5) is 8.78 Å². The third-order valence-corrected chi connectivity index (χ3v) is 6.69. The molecule has 1 amide bonds. The van der Waals surface area contributed by atoms with E-state index in [1.165, 1.54) is 18.2 Å². The maximum atomic E-state index is 14.1. The first-order valence-electron chi connectivity index (χ1n) is 10.1. The fraction of sp³-hybridized carbons (Fsp3) is 0.545. The van der Waals surface area contributed by atoms with Crippen molar-refractivity contribution in [1.29, 1.82) is 0 Å². The van der Waals surface area contributed by atoms with Gasteiger partial charge in [-0.15, -0.1) is 0 Å². The van der Waals surface area contributed by atoms with E-state index in [4.69, 9.17) is 0 Å². The molecule has 0 spiro atoms. The van der Waals surface area contributed by atoms with E-state index in [1.807, 2.05) is 23.9 Å². The number of fused-ring (bicyclic) bond motifs is 1. The maximum Gasteiger partial charge on any atom is 0.227 e. The summed E-state index contributed by atoms with van der Waals surface area (Å²) < 4.78 is 30.3. The van der Waals surface area contributed by atoms with Gasteiger partial charge in [-0.1, -0.05) is 6.07 Å². The van der Waals surface area contributed by atoms with Crippen molar-refractivity contribution < 1.29 is 13.6 Å². The SMILES string of the molecule is CCN(Cc1c(F)cccc1F)C(=O)C1C2CCC1(c1ccnn1C(C)C)C2. The second kappa shape index (κ2) is 6.98. The predicted molar refractivity (Wildman–Crippen MR) is 103 cm³/mol. The minimum atomic E-state index is -0.601. The van der Waals surface area contributed by atoms with E-state index >= 15 is 0 Å². The summed E-state index contributed by atoms with van der Waals surface area (Å²) in [7, 11) is 0. The lowest BCUT2D eigenvalue weighted by Gasteiger charge is -2.48. The fourth-order valence-electron chi connectivity index (χ4n) is 5.34. The Labute approximate surface area is 164 Å². The minimum Gasteiger partial charge on any atom is -0.338 e. The Hall–Kier alpha value is -2.24. The van der Waals surface area contributed by atoms with Crippen LogP contribution in [0, 0.1) is 23.5 Å². The highest BCUT2D eigenvalue weighted by atomic mass is 19.1. The Morgan fingerprint density at radius 1 is 1.32 bits per heavy atom. The number of benzene rings is 1. The van der Waals surface area contributed by atoms with Crippen LogP contribution >= 0.6 is 0 Å². The highest BCUT2D eigenvalue weighted by Gasteiger charge is 2.64. The van der Waals surface area contributed by atoms with Gasteiger partial charge in [-0.3, -0.25) is 9.48 Å². The molecule has 4 nitrogen and oxygen atoms in total. The lowest BCUT2D eigenvalue weighted by atomic mass is 9.58. The maximum absolute atomic E-state index is 14.1. The molecule has 150 valence electrons. The van der Waals surface area contributed by atoms with E-state index in [2.05, 4.69) is 18.9 Å².